The zero-order chi connectivity index (χ0) is 70.7. The molecule has 5 heterocycles. The molecule has 0 fully saturated rings. The van der Waals surface area contributed by atoms with Crippen LogP contribution in [0.3, 0.4) is 0 Å². The number of rotatable bonds is 16. The van der Waals surface area contributed by atoms with Crippen LogP contribution in [0.1, 0.15) is 0 Å². The van der Waals surface area contributed by atoms with Crippen molar-refractivity contribution in [1.82, 2.24) is 39.6 Å². The van der Waals surface area contributed by atoms with E-state index in [1.807, 2.05) is 212 Å². The quantitative estimate of drug-likeness (QED) is 0.0252. The van der Waals surface area contributed by atoms with E-state index in [0.29, 0.717) is 73.9 Å². The van der Waals surface area contributed by atoms with Crippen LogP contribution in [0.15, 0.2) is 249 Å². The van der Waals surface area contributed by atoms with Gasteiger partial charge in [0.05, 0.1) is 83.7 Å². The Morgan fingerprint density at radius 1 is 0.250 bits per heavy atom. The van der Waals surface area contributed by atoms with Crippen molar-refractivity contribution >= 4 is 129 Å². The number of aromatic amines is 1. The Morgan fingerprint density at radius 3 is 0.942 bits per heavy atom. The highest BCUT2D eigenvalue weighted by molar-refractivity contribution is 6.27. The largest absolute Gasteiger partial charge is 0.354 e. The van der Waals surface area contributed by atoms with Crippen molar-refractivity contribution < 1.29 is 35.1 Å². The molecular formula is C80H50F8N16. The van der Waals surface area contributed by atoms with Gasteiger partial charge in [-0.3, -0.25) is 5.43 Å². The van der Waals surface area contributed by atoms with Gasteiger partial charge >= 0.3 is 0 Å². The molecule has 24 heteroatoms. The van der Waals surface area contributed by atoms with E-state index >= 15 is 35.1 Å². The summed E-state index contributed by atoms with van der Waals surface area (Å²) in [4.78, 5) is 32.8. The van der Waals surface area contributed by atoms with Gasteiger partial charge in [-0.1, -0.05) is 146 Å². The van der Waals surface area contributed by atoms with Crippen LogP contribution < -0.4 is 42.6 Å². The summed E-state index contributed by atoms with van der Waals surface area (Å²) in [5.74, 6) is -19.4. The van der Waals surface area contributed by atoms with Gasteiger partial charge in [0.1, 0.15) is 11.3 Å². The number of nitrogens with one attached hydrogen (secondary N) is 9. The standard InChI is InChI=1S/C80H50F8N16/c81-59-53-54(60(82)64(86)63(59)85)76-98-75(53)97-73-50-41-51(89-42-25-9-1-10-26-42)67(90-43-27-11-2-12-28-43)68(91-44-29-13-3-14-30-44)52(50)74(96-73)101-79-57-58(80(104(79)103-49-39-23-8-24-40-49)102-78-56-55(77(99-76)100-78)61(83)65(87)66(88)62(56)84)70(93-46-33-17-5-18-34-46)72(95-48-37-21-7-22-38-48)71(94-47-35-19-6-20-36-47)69(57)92-45-31-15-4-16-32-45/h1-41,89-95,103H,(H,96,97,98,99,100,101,102). The Bertz CT molecular complexity index is 6070. The second-order valence-electron chi connectivity index (χ2n) is 24.0. The van der Waals surface area contributed by atoms with E-state index in [9.17, 15) is 0 Å². The molecule has 0 saturated heterocycles. The van der Waals surface area contributed by atoms with Crippen molar-refractivity contribution in [2.75, 3.05) is 42.6 Å². The normalized spacial score (nSPS) is 11.5. The highest BCUT2D eigenvalue weighted by Gasteiger charge is 2.37. The highest BCUT2D eigenvalue weighted by atomic mass is 19.2. The van der Waals surface area contributed by atoms with Crippen LogP contribution in [-0.2, 0) is 0 Å². The minimum atomic E-state index is -2.30. The minimum Gasteiger partial charge on any atom is -0.354 e. The van der Waals surface area contributed by atoms with E-state index in [0.717, 1.165) is 0 Å². The molecule has 16 nitrogen and oxygen atoms in total. The van der Waals surface area contributed by atoms with Crippen molar-refractivity contribution in [3.63, 3.8) is 0 Å². The highest BCUT2D eigenvalue weighted by Crippen LogP contribution is 2.55. The van der Waals surface area contributed by atoms with E-state index in [2.05, 4.69) is 57.6 Å². The van der Waals surface area contributed by atoms with Gasteiger partial charge in [-0.2, -0.15) is 0 Å². The van der Waals surface area contributed by atoms with Crippen LogP contribution in [0.4, 0.5) is 120 Å². The van der Waals surface area contributed by atoms with E-state index in [-0.39, 0.29) is 56.2 Å². The Kier molecular flexibility index (Phi) is 15.9. The third kappa shape index (κ3) is 11.3. The van der Waals surface area contributed by atoms with Crippen LogP contribution in [0.5, 0.6) is 0 Å². The van der Waals surface area contributed by atoms with Gasteiger partial charge in [0, 0.05) is 45.4 Å². The predicted molar refractivity (Wildman–Crippen MR) is 393 cm³/mol. The summed E-state index contributed by atoms with van der Waals surface area (Å²) in [7, 11) is 0. The molecule has 12 aromatic carbocycles. The first kappa shape index (κ1) is 63.3. The lowest BCUT2D eigenvalue weighted by atomic mass is 10.0. The molecule has 0 saturated carbocycles. The fraction of sp³-hybridized carbons (Fsp3) is 0. The van der Waals surface area contributed by atoms with Crippen LogP contribution >= 0.6 is 0 Å². The van der Waals surface area contributed by atoms with Gasteiger partial charge in [0.2, 0.25) is 0 Å². The van der Waals surface area contributed by atoms with Gasteiger partial charge in [-0.15, -0.1) is 0 Å². The molecular weight excluding hydrogens is 1340 g/mol. The number of fused-ring (bicyclic) bond motifs is 20. The van der Waals surface area contributed by atoms with E-state index in [4.69, 9.17) is 19.9 Å². The Morgan fingerprint density at radius 2 is 0.548 bits per heavy atom. The van der Waals surface area contributed by atoms with Crippen molar-refractivity contribution in [1.29, 1.82) is 0 Å². The van der Waals surface area contributed by atoms with Crippen LogP contribution in [0.2, 0.25) is 0 Å². The Hall–Kier alpha value is -14.2. The lowest BCUT2D eigenvalue weighted by Crippen LogP contribution is -2.10. The van der Waals surface area contributed by atoms with Gasteiger partial charge in [0.15, 0.2) is 81.1 Å². The molecule has 9 N–H and O–H groups in total. The summed E-state index contributed by atoms with van der Waals surface area (Å²) in [5, 5.41) is 23.9. The Labute approximate surface area is 584 Å². The van der Waals surface area contributed by atoms with Crippen LogP contribution in [0.25, 0.3) is 89.7 Å². The lowest BCUT2D eigenvalue weighted by Gasteiger charge is -2.24. The SMILES string of the molecule is Fc1c(F)c(F)c2c(c1F)-c1nc-2nc2c3c(Nc4ccccc4)c(Nc4ccccc4)c(Nc4ccccc4)c(Nc4ccccc4)c3c(nc3nc(nc4[nH]c(n1)c1c(F)c(F)c(F)c(F)c41)-c1cc(Nc4ccccc4)c(Nc4ccccc4)c(Nc4ccccc4)c1-3)n2Nc1ccccc1. The van der Waals surface area contributed by atoms with Gasteiger partial charge in [0.25, 0.3) is 0 Å². The van der Waals surface area contributed by atoms with E-state index < -0.39 is 91.4 Å². The van der Waals surface area contributed by atoms with Crippen LogP contribution in [0, 0.1) is 46.5 Å². The second kappa shape index (κ2) is 26.2. The monoisotopic (exact) mass is 1390 g/mol. The summed E-state index contributed by atoms with van der Waals surface area (Å²) < 4.78 is 135. The predicted octanol–water partition coefficient (Wildman–Crippen LogP) is 21.5. The van der Waals surface area contributed by atoms with Crippen molar-refractivity contribution in [3.05, 3.63) is 295 Å². The number of anilines is 15. The molecule has 0 atom stereocenters. The summed E-state index contributed by atoms with van der Waals surface area (Å²) in [5.41, 5.74) is 6.33. The van der Waals surface area contributed by atoms with Crippen LogP contribution in [-0.4, -0.2) is 39.6 Å². The maximum Gasteiger partial charge on any atom is 0.198 e. The number of hydrogen-bond donors (Lipinski definition) is 9. The average molecular weight is 1390 g/mol. The molecule has 104 heavy (non-hydrogen) atoms. The number of benzene rings is 12. The first-order valence-corrected chi connectivity index (χ1v) is 32.5. The second-order valence-corrected chi connectivity index (χ2v) is 24.0. The lowest BCUT2D eigenvalue weighted by molar-refractivity contribution is 0.412. The van der Waals surface area contributed by atoms with Gasteiger partial charge in [-0.25, -0.2) is 69.7 Å². The third-order valence-electron chi connectivity index (χ3n) is 17.5. The molecule has 2 aliphatic rings. The Balaban J connectivity index is 1.16. The molecule has 506 valence electrons. The molecule has 0 aliphatic carbocycles. The maximum absolute atomic E-state index is 17.5. The van der Waals surface area contributed by atoms with E-state index in [1.165, 1.54) is 4.68 Å². The fourth-order valence-electron chi connectivity index (χ4n) is 12.8. The topological polar surface area (TPSA) is 194 Å². The first-order chi connectivity index (χ1) is 50.9. The summed E-state index contributed by atoms with van der Waals surface area (Å²) in [6.45, 7) is 0. The average Bonchev–Trinajstić information content (AvgIpc) is 1.55. The first-order valence-electron chi connectivity index (χ1n) is 32.5. The smallest absolute Gasteiger partial charge is 0.198 e. The van der Waals surface area contributed by atoms with Gasteiger partial charge < -0.3 is 42.2 Å². The number of hydrogen-bond acceptors (Lipinski definition) is 14. The molecule has 3 aromatic heterocycles. The van der Waals surface area contributed by atoms with Crippen molar-refractivity contribution in [2.45, 2.75) is 0 Å². The molecule has 2 aliphatic heterocycles. The third-order valence-corrected chi connectivity index (χ3v) is 17.5. The summed E-state index contributed by atoms with van der Waals surface area (Å²) in [6, 6.07) is 74.9. The summed E-state index contributed by atoms with van der Waals surface area (Å²) >= 11 is 0. The summed E-state index contributed by atoms with van der Waals surface area (Å²) in [6.07, 6.45) is 0. The molecule has 17 rings (SSSR count). The molecule has 0 amide bonds. The minimum absolute atomic E-state index is 0.0739. The zero-order valence-electron chi connectivity index (χ0n) is 53.8. The van der Waals surface area contributed by atoms with Crippen molar-refractivity contribution in [3.8, 4) is 45.6 Å². The number of nitrogens with zero attached hydrogens (tertiary/aromatic N) is 7. The molecule has 0 unspecified atom stereocenters. The number of H-pyrrole nitrogens is 1. The fourth-order valence-corrected chi connectivity index (χ4v) is 12.8. The zero-order valence-corrected chi connectivity index (χ0v) is 53.8. The number of halogens is 8. The molecule has 8 bridgehead atoms. The molecule has 15 aromatic rings. The maximum atomic E-state index is 17.5. The van der Waals surface area contributed by atoms with Crippen molar-refractivity contribution in [2.24, 2.45) is 0 Å². The van der Waals surface area contributed by atoms with Gasteiger partial charge in [-0.05, 0) is 103 Å². The van der Waals surface area contributed by atoms with E-state index in [1.54, 1.807) is 36.4 Å². The molecule has 0 radical (unpaired) electrons. The molecule has 0 spiro atoms. The number of para-hydroxylation sites is 8. The number of aromatic nitrogens is 8.